The zero-order chi connectivity index (χ0) is 26.1. The maximum Gasteiger partial charge on any atom is 0.330 e. The highest BCUT2D eigenvalue weighted by atomic mass is 16.5. The van der Waals surface area contributed by atoms with Crippen molar-refractivity contribution in [3.05, 3.63) is 51.0 Å². The molecule has 0 aliphatic rings. The molecule has 0 radical (unpaired) electrons. The molecule has 194 valence electrons. The van der Waals surface area contributed by atoms with Gasteiger partial charge in [0, 0.05) is 19.5 Å². The number of nitrogens with one attached hydrogen (secondary N) is 1. The summed E-state index contributed by atoms with van der Waals surface area (Å²) in [6.45, 7) is 4.40. The molecule has 0 spiro atoms. The third-order valence-corrected chi connectivity index (χ3v) is 5.74. The van der Waals surface area contributed by atoms with Crippen LogP contribution in [0.2, 0.25) is 0 Å². The van der Waals surface area contributed by atoms with Crippen LogP contribution in [0.4, 0.5) is 11.5 Å². The number of H-pyrrole nitrogens is 1. The molecule has 2 aromatic heterocycles. The fourth-order valence-electron chi connectivity index (χ4n) is 3.80. The molecule has 3 N–H and O–H groups in total. The van der Waals surface area contributed by atoms with Gasteiger partial charge in [-0.15, -0.1) is 0 Å². The molecule has 1 aromatic carbocycles. The Morgan fingerprint density at radius 3 is 2.58 bits per heavy atom. The molecule has 3 aromatic rings. The summed E-state index contributed by atoms with van der Waals surface area (Å²) in [4.78, 5) is 58.2. The van der Waals surface area contributed by atoms with E-state index in [1.54, 1.807) is 12.1 Å². The summed E-state index contributed by atoms with van der Waals surface area (Å²) in [5.41, 5.74) is 6.05. The van der Waals surface area contributed by atoms with Gasteiger partial charge in [-0.25, -0.2) is 9.78 Å². The average Bonchev–Trinajstić information content (AvgIpc) is 3.28. The van der Waals surface area contributed by atoms with Crippen LogP contribution in [0.15, 0.2) is 38.3 Å². The van der Waals surface area contributed by atoms with Crippen LogP contribution in [-0.2, 0) is 27.5 Å². The largest absolute Gasteiger partial charge is 0.456 e. The van der Waals surface area contributed by atoms with E-state index >= 15 is 0 Å². The molecule has 0 fully saturated rings. The Hall–Kier alpha value is -3.89. The number of rotatable bonds is 13. The number of oxazole rings is 1. The first-order chi connectivity index (χ1) is 17.3. The summed E-state index contributed by atoms with van der Waals surface area (Å²) in [5, 5.41) is 0. The second-order valence-electron chi connectivity index (χ2n) is 8.49. The summed E-state index contributed by atoms with van der Waals surface area (Å²) < 4.78 is 12.0. The van der Waals surface area contributed by atoms with E-state index in [-0.39, 0.29) is 43.4 Å². The zero-order valence-electron chi connectivity index (χ0n) is 20.7. The predicted molar refractivity (Wildman–Crippen MR) is 136 cm³/mol. The van der Waals surface area contributed by atoms with Crippen molar-refractivity contribution in [1.82, 2.24) is 14.5 Å². The highest BCUT2D eigenvalue weighted by molar-refractivity contribution is 5.96. The lowest BCUT2D eigenvalue weighted by molar-refractivity contribution is -0.146. The first kappa shape index (κ1) is 26.7. The number of nitrogen functional groups attached to an aromatic ring is 1. The van der Waals surface area contributed by atoms with Gasteiger partial charge in [0.15, 0.2) is 17.9 Å². The van der Waals surface area contributed by atoms with Crippen LogP contribution >= 0.6 is 0 Å². The maximum absolute atomic E-state index is 13.1. The summed E-state index contributed by atoms with van der Waals surface area (Å²) in [5.74, 6) is -0.858. The van der Waals surface area contributed by atoms with E-state index in [1.807, 2.05) is 26.0 Å². The molecule has 11 heteroatoms. The van der Waals surface area contributed by atoms with Gasteiger partial charge in [-0.05, 0) is 25.0 Å². The van der Waals surface area contributed by atoms with Crippen molar-refractivity contribution in [3.63, 3.8) is 0 Å². The summed E-state index contributed by atoms with van der Waals surface area (Å²) >= 11 is 0. The minimum atomic E-state index is -0.728. The van der Waals surface area contributed by atoms with Gasteiger partial charge in [-0.3, -0.25) is 23.9 Å². The number of hydrogen-bond acceptors (Lipinski definition) is 8. The molecule has 0 bridgehead atoms. The zero-order valence-corrected chi connectivity index (χ0v) is 20.7. The molecular formula is C25H33N5O6. The van der Waals surface area contributed by atoms with E-state index in [2.05, 4.69) is 9.97 Å². The highest BCUT2D eigenvalue weighted by Gasteiger charge is 2.24. The average molecular weight is 500 g/mol. The van der Waals surface area contributed by atoms with Crippen molar-refractivity contribution in [2.45, 2.75) is 71.9 Å². The van der Waals surface area contributed by atoms with Crippen LogP contribution in [0, 0.1) is 0 Å². The van der Waals surface area contributed by atoms with Gasteiger partial charge in [0.2, 0.25) is 11.8 Å². The number of anilines is 2. The van der Waals surface area contributed by atoms with Crippen LogP contribution in [0.25, 0.3) is 11.1 Å². The lowest BCUT2D eigenvalue weighted by Gasteiger charge is -2.24. The molecule has 3 rings (SSSR count). The van der Waals surface area contributed by atoms with Crippen LogP contribution in [0.5, 0.6) is 0 Å². The van der Waals surface area contributed by atoms with E-state index in [0.717, 1.165) is 19.3 Å². The van der Waals surface area contributed by atoms with Crippen molar-refractivity contribution in [3.8, 4) is 0 Å². The number of para-hydroxylation sites is 2. The normalized spacial score (nSPS) is 11.1. The number of nitrogens with zero attached hydrogens (tertiary/aromatic N) is 3. The van der Waals surface area contributed by atoms with Crippen molar-refractivity contribution in [2.75, 3.05) is 17.2 Å². The molecule has 36 heavy (non-hydrogen) atoms. The first-order valence-electron chi connectivity index (χ1n) is 12.3. The van der Waals surface area contributed by atoms with Crippen molar-refractivity contribution in [2.24, 2.45) is 0 Å². The number of carbonyl (C=O) groups is 2. The molecule has 11 nitrogen and oxygen atoms in total. The third-order valence-electron chi connectivity index (χ3n) is 5.74. The summed E-state index contributed by atoms with van der Waals surface area (Å²) in [6, 6.07) is 7.19. The van der Waals surface area contributed by atoms with E-state index in [9.17, 15) is 19.2 Å². The molecule has 1 amide bonds. The molecule has 0 saturated carbocycles. The number of fused-ring (bicyclic) bond motifs is 1. The van der Waals surface area contributed by atoms with Gasteiger partial charge in [0.1, 0.15) is 11.3 Å². The highest BCUT2D eigenvalue weighted by Crippen LogP contribution is 2.20. The lowest BCUT2D eigenvalue weighted by Crippen LogP contribution is -2.41. The molecule has 0 saturated heterocycles. The number of amides is 1. The van der Waals surface area contributed by atoms with Crippen molar-refractivity contribution < 1.29 is 18.7 Å². The summed E-state index contributed by atoms with van der Waals surface area (Å²) in [6.07, 6.45) is 3.51. The number of unbranched alkanes of at least 4 members (excludes halogenated alkanes) is 3. The Balaban J connectivity index is 1.70. The predicted octanol–water partition coefficient (Wildman–Crippen LogP) is 3.11. The fourth-order valence-corrected chi connectivity index (χ4v) is 3.80. The number of hydrogen-bond donors (Lipinski definition) is 2. The van der Waals surface area contributed by atoms with Gasteiger partial charge < -0.3 is 19.8 Å². The number of benzene rings is 1. The molecule has 0 atom stereocenters. The summed E-state index contributed by atoms with van der Waals surface area (Å²) in [7, 11) is 0. The monoisotopic (exact) mass is 499 g/mol. The van der Waals surface area contributed by atoms with Gasteiger partial charge in [0.25, 0.3) is 5.56 Å². The molecule has 2 heterocycles. The van der Waals surface area contributed by atoms with E-state index in [1.165, 1.54) is 9.47 Å². The van der Waals surface area contributed by atoms with Crippen LogP contribution in [-0.4, -0.2) is 33.0 Å². The standard InChI is InChI=1S/C25H33N5O6/c1-3-5-9-15-29(22-23(26)30(14-6-4-2)25(34)28-24(22)33)20(31)12-13-21(32)35-16-19-27-17-10-7-8-11-18(17)36-19/h7-8,10-11H,3-6,9,12-16,26H2,1-2H3,(H,28,33,34). The molecule has 0 aliphatic heterocycles. The molecular weight excluding hydrogens is 466 g/mol. The fraction of sp³-hybridized carbons (Fsp3) is 0.480. The SMILES string of the molecule is CCCCCN(C(=O)CCC(=O)OCc1nc2ccccc2o1)c1c(N)n(CCCC)c(=O)[nH]c1=O. The van der Waals surface area contributed by atoms with Crippen LogP contribution in [0.1, 0.15) is 64.7 Å². The van der Waals surface area contributed by atoms with Gasteiger partial charge in [0.05, 0.1) is 6.42 Å². The molecule has 0 unspecified atom stereocenters. The maximum atomic E-state index is 13.1. The second-order valence-corrected chi connectivity index (χ2v) is 8.49. The number of aromatic nitrogens is 3. The van der Waals surface area contributed by atoms with E-state index < -0.39 is 23.1 Å². The van der Waals surface area contributed by atoms with E-state index in [0.29, 0.717) is 30.5 Å². The van der Waals surface area contributed by atoms with Crippen LogP contribution in [0.3, 0.4) is 0 Å². The number of aromatic amines is 1. The minimum Gasteiger partial charge on any atom is -0.456 e. The first-order valence-corrected chi connectivity index (χ1v) is 12.3. The minimum absolute atomic E-state index is 0.0550. The van der Waals surface area contributed by atoms with Gasteiger partial charge >= 0.3 is 11.7 Å². The second kappa shape index (κ2) is 12.7. The van der Waals surface area contributed by atoms with E-state index in [4.69, 9.17) is 14.9 Å². The van der Waals surface area contributed by atoms with Gasteiger partial charge in [-0.2, -0.15) is 0 Å². The van der Waals surface area contributed by atoms with Crippen molar-refractivity contribution >= 4 is 34.5 Å². The third kappa shape index (κ3) is 6.61. The van der Waals surface area contributed by atoms with Gasteiger partial charge in [-0.1, -0.05) is 45.2 Å². The molecule has 0 aliphatic carbocycles. The Kier molecular flexibility index (Phi) is 9.43. The Morgan fingerprint density at radius 2 is 1.86 bits per heavy atom. The number of carbonyl (C=O) groups excluding carboxylic acids is 2. The number of esters is 1. The lowest BCUT2D eigenvalue weighted by atomic mass is 10.2. The van der Waals surface area contributed by atoms with Crippen LogP contribution < -0.4 is 21.9 Å². The Bertz CT molecular complexity index is 1280. The number of nitrogens with two attached hydrogens (primary N) is 1. The Labute approximate surface area is 208 Å². The van der Waals surface area contributed by atoms with Crippen molar-refractivity contribution in [1.29, 1.82) is 0 Å². The number of ether oxygens (including phenoxy) is 1. The Morgan fingerprint density at radius 1 is 1.11 bits per heavy atom. The smallest absolute Gasteiger partial charge is 0.330 e. The topological polar surface area (TPSA) is 154 Å². The quantitative estimate of drug-likeness (QED) is 0.269.